The van der Waals surface area contributed by atoms with Gasteiger partial charge in [0.25, 0.3) is 0 Å². The molecule has 0 amide bonds. The molecular weight excluding hydrogens is 248 g/mol. The van der Waals surface area contributed by atoms with Crippen LogP contribution in [0.5, 0.6) is 0 Å². The number of rotatable bonds is 0. The van der Waals surface area contributed by atoms with Crippen molar-refractivity contribution in [2.24, 2.45) is 35.0 Å². The molecule has 8 atom stereocenters. The Hall–Kier alpha value is -0.340. The lowest BCUT2D eigenvalue weighted by Gasteiger charge is -2.54. The molecule has 4 aliphatic carbocycles. The topological polar surface area (TPSA) is 40.5 Å². The normalized spacial score (nSPS) is 57.9. The van der Waals surface area contributed by atoms with E-state index in [4.69, 9.17) is 0 Å². The Balaban J connectivity index is 1.61. The monoisotopic (exact) mass is 276 g/mol. The molecule has 3 saturated carbocycles. The fourth-order valence-corrected chi connectivity index (χ4v) is 6.35. The van der Waals surface area contributed by atoms with Gasteiger partial charge >= 0.3 is 0 Å². The molecule has 0 aromatic rings. The van der Waals surface area contributed by atoms with Gasteiger partial charge in [-0.3, -0.25) is 0 Å². The largest absolute Gasteiger partial charge is 0.393 e. The van der Waals surface area contributed by atoms with Crippen LogP contribution in [0.4, 0.5) is 0 Å². The quantitative estimate of drug-likeness (QED) is 0.667. The number of allylic oxidation sites excluding steroid dienone is 1. The minimum atomic E-state index is -0.199. The van der Waals surface area contributed by atoms with E-state index < -0.39 is 0 Å². The first-order chi connectivity index (χ1) is 9.59. The summed E-state index contributed by atoms with van der Waals surface area (Å²) in [7, 11) is 0. The van der Waals surface area contributed by atoms with E-state index in [0.29, 0.717) is 11.8 Å². The highest BCUT2D eigenvalue weighted by atomic mass is 16.3. The molecule has 0 heterocycles. The lowest BCUT2D eigenvalue weighted by molar-refractivity contribution is -0.0703. The van der Waals surface area contributed by atoms with Crippen LogP contribution in [0.3, 0.4) is 0 Å². The van der Waals surface area contributed by atoms with Gasteiger partial charge in [0.05, 0.1) is 12.2 Å². The average Bonchev–Trinajstić information content (AvgIpc) is 2.74. The second-order valence-electron chi connectivity index (χ2n) is 8.17. The van der Waals surface area contributed by atoms with Crippen LogP contribution in [-0.2, 0) is 0 Å². The van der Waals surface area contributed by atoms with Crippen molar-refractivity contribution in [3.05, 3.63) is 12.2 Å². The summed E-state index contributed by atoms with van der Waals surface area (Å²) in [6.07, 6.45) is 12.5. The smallest absolute Gasteiger partial charge is 0.0723 e. The fourth-order valence-electron chi connectivity index (χ4n) is 6.35. The second kappa shape index (κ2) is 4.58. The van der Waals surface area contributed by atoms with Gasteiger partial charge in [0.15, 0.2) is 0 Å². The van der Waals surface area contributed by atoms with Crippen molar-refractivity contribution in [2.75, 3.05) is 0 Å². The molecule has 20 heavy (non-hydrogen) atoms. The highest BCUT2D eigenvalue weighted by Gasteiger charge is 2.56. The maximum Gasteiger partial charge on any atom is 0.0723 e. The Morgan fingerprint density at radius 3 is 2.65 bits per heavy atom. The van der Waals surface area contributed by atoms with E-state index in [0.717, 1.165) is 30.6 Å². The molecule has 0 aliphatic heterocycles. The van der Waals surface area contributed by atoms with Gasteiger partial charge in [0, 0.05) is 0 Å². The maximum absolute atomic E-state index is 10.4. The van der Waals surface area contributed by atoms with Crippen molar-refractivity contribution in [2.45, 2.75) is 64.1 Å². The molecule has 0 bridgehead atoms. The van der Waals surface area contributed by atoms with E-state index in [1.165, 1.54) is 32.1 Å². The first-order valence-corrected chi connectivity index (χ1v) is 8.64. The van der Waals surface area contributed by atoms with Gasteiger partial charge in [0.2, 0.25) is 0 Å². The zero-order valence-electron chi connectivity index (χ0n) is 12.5. The molecule has 2 N–H and O–H groups in total. The lowest BCUT2D eigenvalue weighted by atomic mass is 9.51. The van der Waals surface area contributed by atoms with Crippen molar-refractivity contribution in [1.29, 1.82) is 0 Å². The van der Waals surface area contributed by atoms with Crippen LogP contribution in [0, 0.1) is 35.0 Å². The van der Waals surface area contributed by atoms with Crippen LogP contribution in [0.1, 0.15) is 51.9 Å². The van der Waals surface area contributed by atoms with Gasteiger partial charge in [-0.05, 0) is 80.0 Å². The highest BCUT2D eigenvalue weighted by molar-refractivity contribution is 5.11. The molecule has 0 unspecified atom stereocenters. The van der Waals surface area contributed by atoms with E-state index in [-0.39, 0.29) is 17.6 Å². The summed E-state index contributed by atoms with van der Waals surface area (Å²) in [6, 6.07) is 0. The molecule has 0 spiro atoms. The number of hydrogen-bond donors (Lipinski definition) is 2. The molecule has 4 rings (SSSR count). The van der Waals surface area contributed by atoms with Crippen LogP contribution < -0.4 is 0 Å². The number of fused-ring (bicyclic) bond motifs is 5. The van der Waals surface area contributed by atoms with Crippen molar-refractivity contribution in [3.63, 3.8) is 0 Å². The first kappa shape index (κ1) is 13.3. The minimum Gasteiger partial charge on any atom is -0.393 e. The van der Waals surface area contributed by atoms with Gasteiger partial charge in [-0.1, -0.05) is 19.1 Å². The van der Waals surface area contributed by atoms with Gasteiger partial charge in [-0.25, -0.2) is 0 Å². The Bertz CT molecular complexity index is 418. The van der Waals surface area contributed by atoms with E-state index >= 15 is 0 Å². The number of aliphatic hydroxyl groups excluding tert-OH is 2. The summed E-state index contributed by atoms with van der Waals surface area (Å²) in [4.78, 5) is 0. The lowest BCUT2D eigenvalue weighted by Crippen LogP contribution is -2.48. The van der Waals surface area contributed by atoms with Crippen molar-refractivity contribution < 1.29 is 10.2 Å². The van der Waals surface area contributed by atoms with Crippen LogP contribution in [0.2, 0.25) is 0 Å². The van der Waals surface area contributed by atoms with Gasteiger partial charge < -0.3 is 10.2 Å². The summed E-state index contributed by atoms with van der Waals surface area (Å²) in [5.41, 5.74) is 0.200. The Morgan fingerprint density at radius 2 is 1.80 bits per heavy atom. The van der Waals surface area contributed by atoms with Crippen molar-refractivity contribution in [1.82, 2.24) is 0 Å². The van der Waals surface area contributed by atoms with Crippen LogP contribution in [0.15, 0.2) is 12.2 Å². The molecule has 2 heteroatoms. The molecule has 0 radical (unpaired) electrons. The van der Waals surface area contributed by atoms with Crippen molar-refractivity contribution in [3.8, 4) is 0 Å². The molecule has 0 saturated heterocycles. The SMILES string of the molecule is C[C@]12CC[C@@H]3[C@H]4C=C[C@H](O)C[C@H]4CC[C@H]3[C@@H]1CC[C@H]2O. The molecular formula is C18H28O2. The summed E-state index contributed by atoms with van der Waals surface area (Å²) >= 11 is 0. The van der Waals surface area contributed by atoms with Gasteiger partial charge in [-0.2, -0.15) is 0 Å². The predicted molar refractivity (Wildman–Crippen MR) is 79.0 cm³/mol. The number of aliphatic hydroxyl groups is 2. The molecule has 0 aromatic heterocycles. The van der Waals surface area contributed by atoms with E-state index in [2.05, 4.69) is 13.0 Å². The van der Waals surface area contributed by atoms with Crippen LogP contribution >= 0.6 is 0 Å². The zero-order chi connectivity index (χ0) is 13.9. The third-order valence-electron chi connectivity index (χ3n) is 7.45. The summed E-state index contributed by atoms with van der Waals surface area (Å²) in [5.74, 6) is 3.82. The summed E-state index contributed by atoms with van der Waals surface area (Å²) in [5, 5.41) is 20.2. The third-order valence-corrected chi connectivity index (χ3v) is 7.45. The Kier molecular flexibility index (Phi) is 3.05. The van der Waals surface area contributed by atoms with Crippen molar-refractivity contribution >= 4 is 0 Å². The summed E-state index contributed by atoms with van der Waals surface area (Å²) in [6.45, 7) is 2.35. The average molecular weight is 276 g/mol. The van der Waals surface area contributed by atoms with Crippen LogP contribution in [0.25, 0.3) is 0 Å². The number of hydrogen-bond acceptors (Lipinski definition) is 2. The predicted octanol–water partition coefficient (Wildman–Crippen LogP) is 3.14. The third kappa shape index (κ3) is 1.77. The second-order valence-corrected chi connectivity index (χ2v) is 8.17. The van der Waals surface area contributed by atoms with Gasteiger partial charge in [-0.15, -0.1) is 0 Å². The Morgan fingerprint density at radius 1 is 0.950 bits per heavy atom. The van der Waals surface area contributed by atoms with E-state index in [9.17, 15) is 10.2 Å². The highest BCUT2D eigenvalue weighted by Crippen LogP contribution is 2.61. The zero-order valence-corrected chi connectivity index (χ0v) is 12.5. The molecule has 112 valence electrons. The van der Waals surface area contributed by atoms with Gasteiger partial charge in [0.1, 0.15) is 0 Å². The molecule has 2 nitrogen and oxygen atoms in total. The first-order valence-electron chi connectivity index (χ1n) is 8.64. The van der Waals surface area contributed by atoms with E-state index in [1.54, 1.807) is 0 Å². The Labute approximate surface area is 122 Å². The fraction of sp³-hybridized carbons (Fsp3) is 0.889. The molecule has 3 fully saturated rings. The maximum atomic E-state index is 10.4. The van der Waals surface area contributed by atoms with Crippen LogP contribution in [-0.4, -0.2) is 22.4 Å². The summed E-state index contributed by atoms with van der Waals surface area (Å²) < 4.78 is 0. The standard InChI is InChI=1S/C18H28O2/c1-18-9-8-14-13-5-3-12(19)10-11(13)2-4-15(14)16(18)6-7-17(18)20/h3,5,11-17,19-20H,2,4,6-10H2,1H3/t11-,12+,13+,14-,15-,16+,17-,18+/m1/s1. The molecule has 4 aliphatic rings. The van der Waals surface area contributed by atoms with E-state index in [1.807, 2.05) is 6.08 Å². The molecule has 0 aromatic carbocycles. The minimum absolute atomic E-state index is 0.0603.